The number of carbonyl (C=O) groups excluding carboxylic acids is 1. The Morgan fingerprint density at radius 1 is 1.38 bits per heavy atom. The minimum Gasteiger partial charge on any atom is -0.383 e. The Morgan fingerprint density at radius 2 is 2.14 bits per heavy atom. The quantitative estimate of drug-likeness (QED) is 0.654. The fraction of sp³-hybridized carbons (Fsp3) is 0.923. The highest BCUT2D eigenvalue weighted by Gasteiger charge is 2.43. The summed E-state index contributed by atoms with van der Waals surface area (Å²) < 4.78 is 35.3. The highest BCUT2D eigenvalue weighted by molar-refractivity contribution is 7.88. The van der Waals surface area contributed by atoms with Gasteiger partial charge in [0.25, 0.3) is 0 Å². The van der Waals surface area contributed by atoms with E-state index < -0.39 is 10.0 Å². The third kappa shape index (κ3) is 4.38. The minimum absolute atomic E-state index is 0.0286. The average Bonchev–Trinajstić information content (AvgIpc) is 2.84. The zero-order chi connectivity index (χ0) is 15.5. The average molecular weight is 320 g/mol. The maximum atomic E-state index is 11.9. The van der Waals surface area contributed by atoms with Crippen LogP contribution in [-0.4, -0.2) is 71.5 Å². The number of carbonyl (C=O) groups is 1. The Labute approximate surface area is 126 Å². The Balaban J connectivity index is 1.90. The van der Waals surface area contributed by atoms with Crippen LogP contribution < -0.4 is 5.32 Å². The molecule has 0 bridgehead atoms. The van der Waals surface area contributed by atoms with Crippen LogP contribution in [0.3, 0.4) is 0 Å². The molecule has 122 valence electrons. The van der Waals surface area contributed by atoms with Gasteiger partial charge in [-0.1, -0.05) is 0 Å². The Morgan fingerprint density at radius 3 is 2.81 bits per heavy atom. The number of nitrogens with zero attached hydrogens (tertiary/aromatic N) is 1. The summed E-state index contributed by atoms with van der Waals surface area (Å²) in [4.78, 5) is 11.9. The van der Waals surface area contributed by atoms with Gasteiger partial charge in [-0.3, -0.25) is 4.79 Å². The maximum absolute atomic E-state index is 11.9. The van der Waals surface area contributed by atoms with E-state index in [4.69, 9.17) is 9.47 Å². The Kier molecular flexibility index (Phi) is 5.59. The molecule has 0 saturated carbocycles. The maximum Gasteiger partial charge on any atom is 0.220 e. The fourth-order valence-corrected chi connectivity index (χ4v) is 4.05. The summed E-state index contributed by atoms with van der Waals surface area (Å²) in [5.41, 5.74) is 0. The summed E-state index contributed by atoms with van der Waals surface area (Å²) in [6, 6.07) is 0. The van der Waals surface area contributed by atoms with Gasteiger partial charge in [-0.15, -0.1) is 0 Å². The first-order valence-electron chi connectivity index (χ1n) is 7.20. The van der Waals surface area contributed by atoms with Crippen molar-refractivity contribution in [3.63, 3.8) is 0 Å². The van der Waals surface area contributed by atoms with Crippen molar-refractivity contribution in [1.29, 1.82) is 0 Å². The number of rotatable bonds is 6. The third-order valence-corrected chi connectivity index (χ3v) is 5.51. The molecule has 0 aromatic carbocycles. The topological polar surface area (TPSA) is 84.9 Å². The number of sulfonamides is 1. The molecule has 2 aliphatic rings. The van der Waals surface area contributed by atoms with Gasteiger partial charge in [0.1, 0.15) is 0 Å². The Hall–Kier alpha value is -0.700. The highest BCUT2D eigenvalue weighted by atomic mass is 32.2. The zero-order valence-corrected chi connectivity index (χ0v) is 13.4. The van der Waals surface area contributed by atoms with E-state index in [-0.39, 0.29) is 23.7 Å². The number of nitrogens with one attached hydrogen (secondary N) is 1. The highest BCUT2D eigenvalue weighted by Crippen LogP contribution is 2.36. The Bertz CT molecular complexity index is 467. The molecule has 21 heavy (non-hydrogen) atoms. The van der Waals surface area contributed by atoms with Crippen LogP contribution in [0.5, 0.6) is 0 Å². The molecule has 1 amide bonds. The van der Waals surface area contributed by atoms with Crippen LogP contribution in [0.2, 0.25) is 0 Å². The van der Waals surface area contributed by atoms with E-state index in [0.29, 0.717) is 45.9 Å². The number of methoxy groups -OCH3 is 1. The predicted molar refractivity (Wildman–Crippen MR) is 77.2 cm³/mol. The van der Waals surface area contributed by atoms with Gasteiger partial charge in [0.05, 0.1) is 26.1 Å². The van der Waals surface area contributed by atoms with Gasteiger partial charge in [-0.2, -0.15) is 0 Å². The van der Waals surface area contributed by atoms with E-state index in [1.165, 1.54) is 10.6 Å². The van der Waals surface area contributed by atoms with Crippen molar-refractivity contribution < 1.29 is 22.7 Å². The molecule has 2 heterocycles. The molecule has 8 heteroatoms. The van der Waals surface area contributed by atoms with Gasteiger partial charge in [0, 0.05) is 39.1 Å². The lowest BCUT2D eigenvalue weighted by atomic mass is 9.81. The normalized spacial score (nSPS) is 30.1. The van der Waals surface area contributed by atoms with Crippen LogP contribution in [0, 0.1) is 17.8 Å². The van der Waals surface area contributed by atoms with E-state index in [1.54, 1.807) is 7.11 Å². The van der Waals surface area contributed by atoms with E-state index in [0.717, 1.165) is 0 Å². The third-order valence-electron chi connectivity index (χ3n) is 4.27. The molecule has 1 N–H and O–H groups in total. The number of hydrogen-bond donors (Lipinski definition) is 1. The van der Waals surface area contributed by atoms with Gasteiger partial charge in [0.15, 0.2) is 0 Å². The van der Waals surface area contributed by atoms with Gasteiger partial charge in [-0.25, -0.2) is 12.7 Å². The van der Waals surface area contributed by atoms with Gasteiger partial charge >= 0.3 is 0 Å². The molecule has 0 aliphatic carbocycles. The summed E-state index contributed by atoms with van der Waals surface area (Å²) in [7, 11) is -1.58. The van der Waals surface area contributed by atoms with E-state index in [1.807, 2.05) is 0 Å². The van der Waals surface area contributed by atoms with Crippen molar-refractivity contribution in [2.45, 2.75) is 6.42 Å². The molecule has 0 spiro atoms. The lowest BCUT2D eigenvalue weighted by Crippen LogP contribution is -2.38. The van der Waals surface area contributed by atoms with Crippen LogP contribution in [0.1, 0.15) is 6.42 Å². The van der Waals surface area contributed by atoms with Crippen molar-refractivity contribution in [2.75, 3.05) is 52.8 Å². The summed E-state index contributed by atoms with van der Waals surface area (Å²) in [6.07, 6.45) is 1.61. The first-order chi connectivity index (χ1) is 9.91. The van der Waals surface area contributed by atoms with Gasteiger partial charge in [0.2, 0.25) is 15.9 Å². The van der Waals surface area contributed by atoms with Crippen molar-refractivity contribution in [3.8, 4) is 0 Å². The standard InChI is InChI=1S/C13H24N2O5S/c1-19-4-3-14-13(16)5-10-8-20-9-11-6-15(7-12(10)11)21(2,17)18/h10-12H,3-9H2,1-2H3,(H,14,16)/t10-,11-,12+/m1/s1. The first kappa shape index (κ1) is 16.7. The second-order valence-electron chi connectivity index (χ2n) is 5.85. The van der Waals surface area contributed by atoms with E-state index >= 15 is 0 Å². The van der Waals surface area contributed by atoms with Gasteiger partial charge in [-0.05, 0) is 11.8 Å². The lowest BCUT2D eigenvalue weighted by Gasteiger charge is -2.32. The molecular weight excluding hydrogens is 296 g/mol. The number of ether oxygens (including phenoxy) is 2. The number of fused-ring (bicyclic) bond motifs is 1. The summed E-state index contributed by atoms with van der Waals surface area (Å²) in [6.45, 7) is 3.09. The zero-order valence-electron chi connectivity index (χ0n) is 12.6. The summed E-state index contributed by atoms with van der Waals surface area (Å²) in [5, 5.41) is 2.80. The van der Waals surface area contributed by atoms with Crippen molar-refractivity contribution in [2.24, 2.45) is 17.8 Å². The van der Waals surface area contributed by atoms with E-state index in [9.17, 15) is 13.2 Å². The molecule has 7 nitrogen and oxygen atoms in total. The van der Waals surface area contributed by atoms with Crippen LogP contribution in [0.4, 0.5) is 0 Å². The van der Waals surface area contributed by atoms with Crippen LogP contribution in [0.25, 0.3) is 0 Å². The van der Waals surface area contributed by atoms with Gasteiger partial charge < -0.3 is 14.8 Å². The molecule has 2 saturated heterocycles. The molecule has 2 fully saturated rings. The molecule has 0 unspecified atom stereocenters. The van der Waals surface area contributed by atoms with Crippen molar-refractivity contribution in [1.82, 2.24) is 9.62 Å². The molecule has 0 aromatic heterocycles. The molecule has 0 radical (unpaired) electrons. The van der Waals surface area contributed by atoms with Crippen molar-refractivity contribution in [3.05, 3.63) is 0 Å². The predicted octanol–water partition coefficient (Wildman–Crippen LogP) is -0.707. The molecule has 2 rings (SSSR count). The smallest absolute Gasteiger partial charge is 0.220 e. The molecule has 2 aliphatic heterocycles. The lowest BCUT2D eigenvalue weighted by molar-refractivity contribution is -0.124. The second kappa shape index (κ2) is 7.04. The number of hydrogen-bond acceptors (Lipinski definition) is 5. The van der Waals surface area contributed by atoms with E-state index in [2.05, 4.69) is 5.32 Å². The number of amides is 1. The molecule has 0 aromatic rings. The summed E-state index contributed by atoms with van der Waals surface area (Å²) >= 11 is 0. The van der Waals surface area contributed by atoms with Crippen LogP contribution in [0.15, 0.2) is 0 Å². The first-order valence-corrected chi connectivity index (χ1v) is 9.05. The monoisotopic (exact) mass is 320 g/mol. The second-order valence-corrected chi connectivity index (χ2v) is 7.83. The fourth-order valence-electron chi connectivity index (χ4n) is 3.14. The minimum atomic E-state index is -3.17. The molecular formula is C13H24N2O5S. The van der Waals surface area contributed by atoms with Crippen LogP contribution in [-0.2, 0) is 24.3 Å². The van der Waals surface area contributed by atoms with Crippen molar-refractivity contribution >= 4 is 15.9 Å². The summed E-state index contributed by atoms with van der Waals surface area (Å²) in [5.74, 6) is 0.462. The largest absolute Gasteiger partial charge is 0.383 e. The molecule has 3 atom stereocenters. The van der Waals surface area contributed by atoms with Crippen LogP contribution >= 0.6 is 0 Å². The SMILES string of the molecule is COCCNC(=O)C[C@@H]1COC[C@H]2CN(S(C)(=O)=O)C[C@@H]12.